The Morgan fingerprint density at radius 1 is 0.963 bits per heavy atom. The second-order valence-corrected chi connectivity index (χ2v) is 6.80. The molecule has 0 aromatic heterocycles. The number of para-hydroxylation sites is 1. The fourth-order valence-corrected chi connectivity index (χ4v) is 3.37. The average Bonchev–Trinajstić information content (AvgIpc) is 2.96. The van der Waals surface area contributed by atoms with E-state index in [0.29, 0.717) is 17.1 Å². The first kappa shape index (κ1) is 17.4. The number of carbonyl (C=O) groups excluding carboxylic acids is 1. The quantitative estimate of drug-likeness (QED) is 0.568. The summed E-state index contributed by atoms with van der Waals surface area (Å²) in [5.74, 6) is 0.803. The lowest BCUT2D eigenvalue weighted by molar-refractivity contribution is -0.113. The van der Waals surface area contributed by atoms with Gasteiger partial charge < -0.3 is 9.64 Å². The summed E-state index contributed by atoms with van der Waals surface area (Å²) in [7, 11) is 1.64. The van der Waals surface area contributed by atoms with E-state index in [1.54, 1.807) is 7.11 Å². The molecular formula is C23H18ClNO2. The monoisotopic (exact) mass is 375 g/mol. The van der Waals surface area contributed by atoms with Gasteiger partial charge in [0.15, 0.2) is 0 Å². The maximum absolute atomic E-state index is 13.2. The summed E-state index contributed by atoms with van der Waals surface area (Å²) in [6.07, 6.45) is 1.92. The van der Waals surface area contributed by atoms with Gasteiger partial charge in [0.25, 0.3) is 5.91 Å². The Morgan fingerprint density at radius 2 is 1.67 bits per heavy atom. The summed E-state index contributed by atoms with van der Waals surface area (Å²) in [4.78, 5) is 15.0. The summed E-state index contributed by atoms with van der Waals surface area (Å²) < 4.78 is 5.21. The molecule has 3 aromatic carbocycles. The van der Waals surface area contributed by atoms with E-state index in [1.165, 1.54) is 0 Å². The highest BCUT2D eigenvalue weighted by Gasteiger charge is 2.31. The third-order valence-corrected chi connectivity index (χ3v) is 4.89. The Hall–Kier alpha value is -3.04. The molecule has 0 radical (unpaired) electrons. The molecule has 0 bridgehead atoms. The molecule has 0 fully saturated rings. The molecule has 0 unspecified atom stereocenters. The van der Waals surface area contributed by atoms with Gasteiger partial charge in [-0.25, -0.2) is 0 Å². The maximum Gasteiger partial charge on any atom is 0.259 e. The van der Waals surface area contributed by atoms with Gasteiger partial charge in [0.2, 0.25) is 0 Å². The van der Waals surface area contributed by atoms with E-state index in [4.69, 9.17) is 16.3 Å². The molecule has 1 aliphatic rings. The lowest BCUT2D eigenvalue weighted by Crippen LogP contribution is -2.25. The highest BCUT2D eigenvalue weighted by Crippen LogP contribution is 2.38. The molecule has 0 aliphatic carbocycles. The zero-order valence-electron chi connectivity index (χ0n) is 14.9. The van der Waals surface area contributed by atoms with Crippen LogP contribution in [0.1, 0.15) is 16.7 Å². The molecule has 4 rings (SSSR count). The first-order valence-corrected chi connectivity index (χ1v) is 9.05. The van der Waals surface area contributed by atoms with Gasteiger partial charge in [-0.2, -0.15) is 0 Å². The second-order valence-electron chi connectivity index (χ2n) is 6.37. The van der Waals surface area contributed by atoms with Crippen LogP contribution in [0, 0.1) is 0 Å². The van der Waals surface area contributed by atoms with E-state index in [1.807, 2.05) is 83.8 Å². The zero-order chi connectivity index (χ0) is 18.8. The van der Waals surface area contributed by atoms with Gasteiger partial charge in [0, 0.05) is 16.2 Å². The van der Waals surface area contributed by atoms with Crippen LogP contribution in [0.2, 0.25) is 5.02 Å². The van der Waals surface area contributed by atoms with Crippen molar-refractivity contribution in [1.29, 1.82) is 0 Å². The third-order valence-electron chi connectivity index (χ3n) is 4.64. The number of benzene rings is 3. The first-order valence-electron chi connectivity index (χ1n) is 8.67. The largest absolute Gasteiger partial charge is 0.497 e. The molecule has 4 heteroatoms. The molecule has 0 saturated heterocycles. The number of carbonyl (C=O) groups is 1. The van der Waals surface area contributed by atoms with Crippen molar-refractivity contribution in [3.63, 3.8) is 0 Å². The standard InChI is InChI=1S/C23H18ClNO2/c1-27-19-12-8-17(9-13-19)15-25-22-5-3-2-4-20(22)21(23(25)26)14-16-6-10-18(24)11-7-16/h2-14H,15H2,1H3. The molecule has 0 atom stereocenters. The van der Waals surface area contributed by atoms with E-state index >= 15 is 0 Å². The maximum atomic E-state index is 13.2. The predicted molar refractivity (Wildman–Crippen MR) is 110 cm³/mol. The van der Waals surface area contributed by atoms with Gasteiger partial charge in [0.05, 0.1) is 19.3 Å². The molecule has 134 valence electrons. The molecular weight excluding hydrogens is 358 g/mol. The predicted octanol–water partition coefficient (Wildman–Crippen LogP) is 5.44. The SMILES string of the molecule is COc1ccc(CN2C(=O)C(=Cc3ccc(Cl)cc3)c3ccccc32)cc1. The minimum absolute atomic E-state index is 0.00182. The van der Waals surface area contributed by atoms with Crippen molar-refractivity contribution < 1.29 is 9.53 Å². The number of hydrogen-bond donors (Lipinski definition) is 0. The lowest BCUT2D eigenvalue weighted by Gasteiger charge is -2.17. The van der Waals surface area contributed by atoms with Crippen molar-refractivity contribution in [2.24, 2.45) is 0 Å². The zero-order valence-corrected chi connectivity index (χ0v) is 15.6. The summed E-state index contributed by atoms with van der Waals surface area (Å²) >= 11 is 5.97. The molecule has 3 aromatic rings. The lowest BCUT2D eigenvalue weighted by atomic mass is 10.0. The molecule has 1 amide bonds. The Bertz CT molecular complexity index is 1010. The van der Waals surface area contributed by atoms with Gasteiger partial charge in [-0.3, -0.25) is 4.79 Å². The Morgan fingerprint density at radius 3 is 2.37 bits per heavy atom. The number of ether oxygens (including phenoxy) is 1. The van der Waals surface area contributed by atoms with Gasteiger partial charge in [-0.05, 0) is 47.5 Å². The summed E-state index contributed by atoms with van der Waals surface area (Å²) in [5, 5.41) is 0.677. The van der Waals surface area contributed by atoms with Crippen LogP contribution in [0.4, 0.5) is 5.69 Å². The van der Waals surface area contributed by atoms with Crippen LogP contribution < -0.4 is 9.64 Å². The fraction of sp³-hybridized carbons (Fsp3) is 0.0870. The van der Waals surface area contributed by atoms with Crippen molar-refractivity contribution in [3.8, 4) is 5.75 Å². The Labute approximate surface area is 163 Å². The van der Waals surface area contributed by atoms with Gasteiger partial charge in [-0.15, -0.1) is 0 Å². The van der Waals surface area contributed by atoms with Crippen molar-refractivity contribution >= 4 is 34.8 Å². The topological polar surface area (TPSA) is 29.5 Å². The van der Waals surface area contributed by atoms with Gasteiger partial charge in [0.1, 0.15) is 5.75 Å². The van der Waals surface area contributed by atoms with Crippen LogP contribution >= 0.6 is 11.6 Å². The molecule has 27 heavy (non-hydrogen) atoms. The number of amides is 1. The molecule has 1 heterocycles. The molecule has 0 saturated carbocycles. The molecule has 3 nitrogen and oxygen atoms in total. The van der Waals surface area contributed by atoms with Crippen LogP contribution in [-0.4, -0.2) is 13.0 Å². The highest BCUT2D eigenvalue weighted by atomic mass is 35.5. The van der Waals surface area contributed by atoms with E-state index < -0.39 is 0 Å². The fourth-order valence-electron chi connectivity index (χ4n) is 3.24. The smallest absolute Gasteiger partial charge is 0.259 e. The van der Waals surface area contributed by atoms with Crippen LogP contribution in [0.15, 0.2) is 72.8 Å². The number of anilines is 1. The number of nitrogens with zero attached hydrogens (tertiary/aromatic N) is 1. The van der Waals surface area contributed by atoms with E-state index in [9.17, 15) is 4.79 Å². The van der Waals surface area contributed by atoms with Crippen molar-refractivity contribution in [3.05, 3.63) is 94.5 Å². The second kappa shape index (κ2) is 7.29. The van der Waals surface area contributed by atoms with Crippen LogP contribution in [0.3, 0.4) is 0 Å². The minimum atomic E-state index is 0.00182. The highest BCUT2D eigenvalue weighted by molar-refractivity contribution is 6.35. The Balaban J connectivity index is 1.69. The van der Waals surface area contributed by atoms with Crippen molar-refractivity contribution in [1.82, 2.24) is 0 Å². The van der Waals surface area contributed by atoms with Gasteiger partial charge in [-0.1, -0.05) is 54.1 Å². The average molecular weight is 376 g/mol. The van der Waals surface area contributed by atoms with Gasteiger partial charge >= 0.3 is 0 Å². The van der Waals surface area contributed by atoms with Crippen molar-refractivity contribution in [2.75, 3.05) is 12.0 Å². The van der Waals surface area contributed by atoms with E-state index in [0.717, 1.165) is 28.1 Å². The van der Waals surface area contributed by atoms with E-state index in [-0.39, 0.29) is 5.91 Å². The number of halogens is 1. The minimum Gasteiger partial charge on any atom is -0.497 e. The molecule has 0 spiro atoms. The van der Waals surface area contributed by atoms with Crippen LogP contribution in [0.5, 0.6) is 5.75 Å². The summed E-state index contributed by atoms with van der Waals surface area (Å²) in [6.45, 7) is 0.512. The number of rotatable bonds is 4. The van der Waals surface area contributed by atoms with E-state index in [2.05, 4.69) is 0 Å². The molecule has 1 aliphatic heterocycles. The molecule has 0 N–H and O–H groups in total. The summed E-state index contributed by atoms with van der Waals surface area (Å²) in [5.41, 5.74) is 4.57. The first-order chi connectivity index (χ1) is 13.2. The third kappa shape index (κ3) is 3.46. The number of methoxy groups -OCH3 is 1. The Kier molecular flexibility index (Phi) is 4.69. The summed E-state index contributed by atoms with van der Waals surface area (Å²) in [6, 6.07) is 23.2. The normalized spacial score (nSPS) is 14.5. The van der Waals surface area contributed by atoms with Crippen LogP contribution in [0.25, 0.3) is 11.6 Å². The van der Waals surface area contributed by atoms with Crippen LogP contribution in [-0.2, 0) is 11.3 Å². The number of hydrogen-bond acceptors (Lipinski definition) is 2. The number of fused-ring (bicyclic) bond motifs is 1. The van der Waals surface area contributed by atoms with Crippen molar-refractivity contribution in [2.45, 2.75) is 6.54 Å².